The highest BCUT2D eigenvalue weighted by molar-refractivity contribution is 6.08. The molecule has 2 amide bonds. The number of amides is 2. The topological polar surface area (TPSA) is 137 Å². The van der Waals surface area contributed by atoms with Crippen molar-refractivity contribution in [3.8, 4) is 28.5 Å². The molecule has 1 aromatic carbocycles. The Morgan fingerprint density at radius 3 is 2.85 bits per heavy atom. The van der Waals surface area contributed by atoms with Crippen molar-refractivity contribution < 1.29 is 33.3 Å². The number of fused-ring (bicyclic) bond motifs is 2. The summed E-state index contributed by atoms with van der Waals surface area (Å²) in [5, 5.41) is 2.91. The molecule has 2 fully saturated rings. The van der Waals surface area contributed by atoms with E-state index in [2.05, 4.69) is 20.3 Å². The highest BCUT2D eigenvalue weighted by atomic mass is 16.7. The summed E-state index contributed by atoms with van der Waals surface area (Å²) in [6.45, 7) is 7.55. The van der Waals surface area contributed by atoms with Crippen molar-refractivity contribution in [2.24, 2.45) is 5.92 Å². The molecule has 1 saturated heterocycles. The lowest BCUT2D eigenvalue weighted by molar-refractivity contribution is -0.0404. The molecule has 212 valence electrons. The summed E-state index contributed by atoms with van der Waals surface area (Å²) in [6, 6.07) is 3.69. The van der Waals surface area contributed by atoms with Gasteiger partial charge in [-0.3, -0.25) is 4.79 Å². The van der Waals surface area contributed by atoms with Crippen molar-refractivity contribution in [2.75, 3.05) is 39.6 Å². The van der Waals surface area contributed by atoms with Crippen LogP contribution in [0.1, 0.15) is 44.0 Å². The number of carbonyl (C=O) groups excluding carboxylic acids is 2. The lowest BCUT2D eigenvalue weighted by atomic mass is 10.1. The van der Waals surface area contributed by atoms with E-state index in [0.29, 0.717) is 77.3 Å². The maximum absolute atomic E-state index is 13.2. The average Bonchev–Trinajstić information content (AvgIpc) is 3.45. The summed E-state index contributed by atoms with van der Waals surface area (Å²) < 4.78 is 28.8. The van der Waals surface area contributed by atoms with Gasteiger partial charge in [0.1, 0.15) is 28.9 Å². The second-order valence-corrected chi connectivity index (χ2v) is 11.2. The van der Waals surface area contributed by atoms with E-state index >= 15 is 0 Å². The van der Waals surface area contributed by atoms with Crippen LogP contribution in [-0.4, -0.2) is 83.2 Å². The molecular formula is C28H33N5O7. The molecule has 2 N–H and O–H groups in total. The number of carbonyl (C=O) groups is 2. The van der Waals surface area contributed by atoms with Crippen LogP contribution in [0.4, 0.5) is 4.79 Å². The van der Waals surface area contributed by atoms with E-state index in [9.17, 15) is 9.59 Å². The van der Waals surface area contributed by atoms with Crippen LogP contribution in [0.25, 0.3) is 22.3 Å². The van der Waals surface area contributed by atoms with Crippen LogP contribution in [-0.2, 0) is 9.47 Å². The monoisotopic (exact) mass is 551 g/mol. The van der Waals surface area contributed by atoms with E-state index in [1.165, 1.54) is 6.33 Å². The number of hydrogen-bond acceptors (Lipinski definition) is 9. The van der Waals surface area contributed by atoms with Gasteiger partial charge in [-0.05, 0) is 51.7 Å². The van der Waals surface area contributed by atoms with Gasteiger partial charge in [0.2, 0.25) is 6.79 Å². The molecule has 2 aliphatic heterocycles. The van der Waals surface area contributed by atoms with Crippen molar-refractivity contribution >= 4 is 23.0 Å². The van der Waals surface area contributed by atoms with Crippen LogP contribution in [0.2, 0.25) is 0 Å². The Labute approximate surface area is 231 Å². The predicted molar refractivity (Wildman–Crippen MR) is 144 cm³/mol. The first-order valence-electron chi connectivity index (χ1n) is 13.5. The van der Waals surface area contributed by atoms with E-state index in [1.807, 2.05) is 32.9 Å². The third-order valence-corrected chi connectivity index (χ3v) is 6.90. The molecule has 1 atom stereocenters. The minimum Gasteiger partial charge on any atom is -0.492 e. The summed E-state index contributed by atoms with van der Waals surface area (Å²) >= 11 is 0. The first kappa shape index (κ1) is 26.2. The zero-order valence-corrected chi connectivity index (χ0v) is 22.8. The second-order valence-electron chi connectivity index (χ2n) is 11.2. The Balaban J connectivity index is 1.20. The fourth-order valence-electron chi connectivity index (χ4n) is 4.73. The molecule has 2 aromatic heterocycles. The summed E-state index contributed by atoms with van der Waals surface area (Å²) in [4.78, 5) is 39.4. The van der Waals surface area contributed by atoms with Crippen LogP contribution in [0.15, 0.2) is 24.7 Å². The molecule has 3 aliphatic rings. The van der Waals surface area contributed by atoms with Gasteiger partial charge in [-0.2, -0.15) is 0 Å². The van der Waals surface area contributed by atoms with Gasteiger partial charge in [0.05, 0.1) is 42.5 Å². The summed E-state index contributed by atoms with van der Waals surface area (Å²) in [5.74, 6) is 2.04. The molecule has 1 aliphatic carbocycles. The molecule has 40 heavy (non-hydrogen) atoms. The normalized spacial score (nSPS) is 18.6. The molecule has 12 nitrogen and oxygen atoms in total. The maximum atomic E-state index is 13.2. The highest BCUT2D eigenvalue weighted by Crippen LogP contribution is 2.48. The number of benzene rings is 1. The molecule has 3 aromatic rings. The molecule has 12 heteroatoms. The van der Waals surface area contributed by atoms with Crippen LogP contribution < -0.4 is 19.5 Å². The number of ether oxygens (including phenoxy) is 5. The van der Waals surface area contributed by atoms with Crippen molar-refractivity contribution in [1.29, 1.82) is 0 Å². The number of nitrogens with one attached hydrogen (secondary N) is 2. The van der Waals surface area contributed by atoms with Gasteiger partial charge in [0, 0.05) is 19.3 Å². The van der Waals surface area contributed by atoms with Crippen molar-refractivity contribution in [2.45, 2.75) is 45.3 Å². The molecule has 1 saturated carbocycles. The SMILES string of the molecule is CC(C)(C)OC(=O)N1CCOC(CNC(=O)c2c[nH]c3c(-c4c(OCC5CC5)ccc5c4OCO5)ncnc23)C1. The molecule has 0 spiro atoms. The Kier molecular flexibility index (Phi) is 6.87. The van der Waals surface area contributed by atoms with Crippen LogP contribution in [0.3, 0.4) is 0 Å². The molecule has 0 radical (unpaired) electrons. The van der Waals surface area contributed by atoms with E-state index in [1.54, 1.807) is 11.1 Å². The van der Waals surface area contributed by atoms with Crippen LogP contribution >= 0.6 is 0 Å². The molecule has 0 bridgehead atoms. The first-order chi connectivity index (χ1) is 19.3. The van der Waals surface area contributed by atoms with Gasteiger partial charge in [0.15, 0.2) is 11.5 Å². The third-order valence-electron chi connectivity index (χ3n) is 6.90. The van der Waals surface area contributed by atoms with E-state index in [4.69, 9.17) is 23.7 Å². The summed E-state index contributed by atoms with van der Waals surface area (Å²) in [7, 11) is 0. The lowest BCUT2D eigenvalue weighted by Crippen LogP contribution is -2.50. The summed E-state index contributed by atoms with van der Waals surface area (Å²) in [6.07, 6.45) is 4.60. The number of rotatable bonds is 7. The summed E-state index contributed by atoms with van der Waals surface area (Å²) in [5.41, 5.74) is 2.04. The zero-order valence-electron chi connectivity index (χ0n) is 22.8. The molecule has 6 rings (SSSR count). The smallest absolute Gasteiger partial charge is 0.410 e. The molecule has 4 heterocycles. The standard InChI is InChI=1S/C28H33N5O7/c1-28(2,3)40-27(35)33-8-9-36-17(12-33)10-30-26(34)18-11-29-24-22(18)31-14-32-23(24)21-19(37-13-16-4-5-16)6-7-20-25(21)39-15-38-20/h6-7,11,14,16-17,29H,4-5,8-10,12-13,15H2,1-3H3,(H,30,34). The van der Waals surface area contributed by atoms with Crippen molar-refractivity contribution in [3.63, 3.8) is 0 Å². The number of nitrogens with zero attached hydrogens (tertiary/aromatic N) is 3. The van der Waals surface area contributed by atoms with Crippen molar-refractivity contribution in [1.82, 2.24) is 25.2 Å². The highest BCUT2D eigenvalue weighted by Gasteiger charge is 2.31. The predicted octanol–water partition coefficient (Wildman–Crippen LogP) is 3.51. The third kappa shape index (κ3) is 5.48. The van der Waals surface area contributed by atoms with Gasteiger partial charge in [-0.15, -0.1) is 0 Å². The number of H-pyrrole nitrogens is 1. The largest absolute Gasteiger partial charge is 0.492 e. The minimum atomic E-state index is -0.585. The quantitative estimate of drug-likeness (QED) is 0.452. The Hall–Kier alpha value is -4.06. The minimum absolute atomic E-state index is 0.107. The lowest BCUT2D eigenvalue weighted by Gasteiger charge is -2.34. The van der Waals surface area contributed by atoms with Gasteiger partial charge in [-0.25, -0.2) is 14.8 Å². The number of aromatic amines is 1. The Morgan fingerprint density at radius 1 is 1.20 bits per heavy atom. The second kappa shape index (κ2) is 10.5. The van der Waals surface area contributed by atoms with Crippen molar-refractivity contribution in [3.05, 3.63) is 30.2 Å². The Bertz CT molecular complexity index is 1430. The Morgan fingerprint density at radius 2 is 2.05 bits per heavy atom. The first-order valence-corrected chi connectivity index (χ1v) is 13.5. The van der Waals surface area contributed by atoms with Crippen LogP contribution in [0.5, 0.6) is 17.2 Å². The maximum Gasteiger partial charge on any atom is 0.410 e. The fourth-order valence-corrected chi connectivity index (χ4v) is 4.73. The van der Waals surface area contributed by atoms with Gasteiger partial charge >= 0.3 is 6.09 Å². The van der Waals surface area contributed by atoms with Gasteiger partial charge in [0.25, 0.3) is 5.91 Å². The molecule has 1 unspecified atom stereocenters. The number of hydrogen-bond donors (Lipinski definition) is 2. The average molecular weight is 552 g/mol. The van der Waals surface area contributed by atoms with Crippen LogP contribution in [0, 0.1) is 5.92 Å². The zero-order chi connectivity index (χ0) is 27.9. The van der Waals surface area contributed by atoms with E-state index in [0.717, 1.165) is 12.8 Å². The number of aromatic nitrogens is 3. The number of morpholine rings is 1. The van der Waals surface area contributed by atoms with Gasteiger partial charge in [-0.1, -0.05) is 0 Å². The van der Waals surface area contributed by atoms with Gasteiger partial charge < -0.3 is 38.9 Å². The fraction of sp³-hybridized carbons (Fsp3) is 0.500. The van der Waals surface area contributed by atoms with E-state index in [-0.39, 0.29) is 25.3 Å². The molecular weight excluding hydrogens is 518 g/mol. The van der Waals surface area contributed by atoms with E-state index < -0.39 is 11.7 Å².